The summed E-state index contributed by atoms with van der Waals surface area (Å²) in [7, 11) is 1.43. The fourth-order valence-corrected chi connectivity index (χ4v) is 4.29. The predicted molar refractivity (Wildman–Crippen MR) is 139 cm³/mol. The zero-order valence-corrected chi connectivity index (χ0v) is 21.5. The van der Waals surface area contributed by atoms with E-state index < -0.39 is 30.3 Å². The molecule has 0 fully saturated rings. The molecule has 1 aromatic heterocycles. The molecule has 3 atom stereocenters. The number of ether oxygens (including phenoxy) is 1. The average molecular weight is 497 g/mol. The molecule has 0 aliphatic heterocycles. The number of aromatic nitrogens is 2. The van der Waals surface area contributed by atoms with E-state index in [0.717, 1.165) is 16.8 Å². The van der Waals surface area contributed by atoms with E-state index in [4.69, 9.17) is 15.5 Å². The maximum absolute atomic E-state index is 15.1. The fraction of sp³-hybridized carbons (Fsp3) is 0.429. The van der Waals surface area contributed by atoms with Crippen molar-refractivity contribution >= 4 is 5.91 Å². The van der Waals surface area contributed by atoms with Crippen molar-refractivity contribution in [2.45, 2.75) is 45.6 Å². The van der Waals surface area contributed by atoms with Gasteiger partial charge < -0.3 is 25.0 Å². The lowest BCUT2D eigenvalue weighted by Crippen LogP contribution is -2.50. The second-order valence-electron chi connectivity index (χ2n) is 10.1. The molecule has 8 heteroatoms. The van der Waals surface area contributed by atoms with Crippen LogP contribution in [0.15, 0.2) is 66.9 Å². The Kier molecular flexibility index (Phi) is 9.37. The molecule has 194 valence electrons. The molecule has 0 saturated carbocycles. The number of halogens is 1. The topological polar surface area (TPSA) is 93.6 Å². The Morgan fingerprint density at radius 3 is 2.31 bits per heavy atom. The Bertz CT molecular complexity index is 1100. The molecule has 3 N–H and O–H groups in total. The van der Waals surface area contributed by atoms with Crippen LogP contribution in [0, 0.1) is 5.41 Å². The van der Waals surface area contributed by atoms with Crippen LogP contribution in [0.4, 0.5) is 4.39 Å². The lowest BCUT2D eigenvalue weighted by atomic mass is 9.84. The first kappa shape index (κ1) is 27.5. The van der Waals surface area contributed by atoms with Crippen LogP contribution in [-0.2, 0) is 16.1 Å². The molecule has 36 heavy (non-hydrogen) atoms. The van der Waals surface area contributed by atoms with E-state index in [1.807, 2.05) is 92.2 Å². The molecule has 7 nitrogen and oxygen atoms in total. The third kappa shape index (κ3) is 6.78. The molecule has 0 aliphatic rings. The second-order valence-corrected chi connectivity index (χ2v) is 10.1. The molecule has 1 amide bonds. The summed E-state index contributed by atoms with van der Waals surface area (Å²) in [4.78, 5) is 19.8. The summed E-state index contributed by atoms with van der Waals surface area (Å²) in [5.41, 5.74) is 8.05. The van der Waals surface area contributed by atoms with Gasteiger partial charge in [-0.3, -0.25) is 4.79 Å². The monoisotopic (exact) mass is 496 g/mol. The van der Waals surface area contributed by atoms with Crippen molar-refractivity contribution in [3.63, 3.8) is 0 Å². The molecule has 3 rings (SSSR count). The Hall–Kier alpha value is -3.07. The van der Waals surface area contributed by atoms with Gasteiger partial charge in [0.25, 0.3) is 0 Å². The standard InChI is InChI=1S/C28H37FN4O3/c1-28(2,3)26(33(25(35)19-36-4)16-22(29)23(30)18-34)27-31-24(21-13-9-6-10-14-21)17-32(27)15-20-11-7-5-8-12-20/h5-14,17,22-23,26,34H,15-16,18-19,30H2,1-4H3/t22-,23+,26-/m0/s1. The summed E-state index contributed by atoms with van der Waals surface area (Å²) in [6, 6.07) is 18.1. The Morgan fingerprint density at radius 1 is 1.14 bits per heavy atom. The normalized spacial score (nSPS) is 14.3. The van der Waals surface area contributed by atoms with E-state index in [0.29, 0.717) is 12.4 Å². The number of imidazole rings is 1. The number of nitrogens with zero attached hydrogens (tertiary/aromatic N) is 3. The quantitative estimate of drug-likeness (QED) is 0.421. The molecule has 2 aromatic carbocycles. The summed E-state index contributed by atoms with van der Waals surface area (Å²) < 4.78 is 22.2. The number of carbonyl (C=O) groups excluding carboxylic acids is 1. The smallest absolute Gasteiger partial charge is 0.249 e. The Morgan fingerprint density at radius 2 is 1.75 bits per heavy atom. The number of hydrogen-bond acceptors (Lipinski definition) is 5. The zero-order chi connectivity index (χ0) is 26.3. The van der Waals surface area contributed by atoms with E-state index in [1.54, 1.807) is 0 Å². The fourth-order valence-electron chi connectivity index (χ4n) is 4.29. The largest absolute Gasteiger partial charge is 0.395 e. The van der Waals surface area contributed by atoms with Crippen molar-refractivity contribution in [1.29, 1.82) is 0 Å². The van der Waals surface area contributed by atoms with Crippen LogP contribution in [0.25, 0.3) is 11.3 Å². The highest BCUT2D eigenvalue weighted by atomic mass is 19.1. The van der Waals surface area contributed by atoms with Gasteiger partial charge in [0, 0.05) is 25.4 Å². The number of hydrogen-bond donors (Lipinski definition) is 2. The van der Waals surface area contributed by atoms with Crippen molar-refractivity contribution in [3.05, 3.63) is 78.2 Å². The van der Waals surface area contributed by atoms with Crippen molar-refractivity contribution < 1.29 is 19.0 Å². The summed E-state index contributed by atoms with van der Waals surface area (Å²) >= 11 is 0. The van der Waals surface area contributed by atoms with Crippen LogP contribution in [-0.4, -0.2) is 64.5 Å². The lowest BCUT2D eigenvalue weighted by Gasteiger charge is -2.41. The van der Waals surface area contributed by atoms with Gasteiger partial charge in [0.15, 0.2) is 0 Å². The van der Waals surface area contributed by atoms with E-state index >= 15 is 4.39 Å². The maximum atomic E-state index is 15.1. The number of aliphatic hydroxyl groups excluding tert-OH is 1. The van der Waals surface area contributed by atoms with Crippen LogP contribution in [0.2, 0.25) is 0 Å². The van der Waals surface area contributed by atoms with Gasteiger partial charge in [-0.05, 0) is 11.0 Å². The minimum Gasteiger partial charge on any atom is -0.395 e. The summed E-state index contributed by atoms with van der Waals surface area (Å²) in [6.45, 7) is 5.50. The average Bonchev–Trinajstić information content (AvgIpc) is 3.26. The lowest BCUT2D eigenvalue weighted by molar-refractivity contribution is -0.142. The van der Waals surface area contributed by atoms with Crippen molar-refractivity contribution in [1.82, 2.24) is 14.5 Å². The molecule has 3 aromatic rings. The molecule has 0 unspecified atom stereocenters. The van der Waals surface area contributed by atoms with Crippen molar-refractivity contribution in [3.8, 4) is 11.3 Å². The first-order valence-corrected chi connectivity index (χ1v) is 12.1. The molecular weight excluding hydrogens is 459 g/mol. The van der Waals surface area contributed by atoms with Gasteiger partial charge in [0.2, 0.25) is 5.91 Å². The number of rotatable bonds is 11. The second kappa shape index (κ2) is 12.3. The number of benzene rings is 2. The van der Waals surface area contributed by atoms with E-state index in [9.17, 15) is 9.90 Å². The summed E-state index contributed by atoms with van der Waals surface area (Å²) in [6.07, 6.45) is 0.355. The molecular formula is C28H37FN4O3. The third-order valence-corrected chi connectivity index (χ3v) is 6.08. The molecule has 0 spiro atoms. The minimum absolute atomic E-state index is 0.210. The maximum Gasteiger partial charge on any atom is 0.249 e. The van der Waals surface area contributed by atoms with Gasteiger partial charge in [-0.25, -0.2) is 9.37 Å². The van der Waals surface area contributed by atoms with Gasteiger partial charge in [-0.2, -0.15) is 0 Å². The molecule has 0 aliphatic carbocycles. The SMILES string of the molecule is COCC(=O)N(C[C@H](F)[C@H](N)CO)[C@@H](c1nc(-c2ccccc2)cn1Cc1ccccc1)C(C)(C)C. The van der Waals surface area contributed by atoms with Crippen LogP contribution in [0.3, 0.4) is 0 Å². The molecule has 0 radical (unpaired) electrons. The first-order chi connectivity index (χ1) is 17.2. The van der Waals surface area contributed by atoms with Crippen LogP contribution < -0.4 is 5.73 Å². The highest BCUT2D eigenvalue weighted by Crippen LogP contribution is 2.39. The predicted octanol–water partition coefficient (Wildman–Crippen LogP) is 3.82. The van der Waals surface area contributed by atoms with Gasteiger partial charge >= 0.3 is 0 Å². The van der Waals surface area contributed by atoms with Crippen molar-refractivity contribution in [2.75, 3.05) is 26.9 Å². The van der Waals surface area contributed by atoms with Gasteiger partial charge in [-0.1, -0.05) is 81.4 Å². The number of aliphatic hydroxyl groups is 1. The Labute approximate surface area is 212 Å². The van der Waals surface area contributed by atoms with Crippen LogP contribution in [0.1, 0.15) is 38.2 Å². The van der Waals surface area contributed by atoms with Gasteiger partial charge in [0.1, 0.15) is 18.6 Å². The molecule has 0 saturated heterocycles. The van der Waals surface area contributed by atoms with Crippen LogP contribution >= 0.6 is 0 Å². The summed E-state index contributed by atoms with van der Waals surface area (Å²) in [5.74, 6) is 0.264. The summed E-state index contributed by atoms with van der Waals surface area (Å²) in [5, 5.41) is 9.40. The number of amides is 1. The first-order valence-electron chi connectivity index (χ1n) is 12.1. The third-order valence-electron chi connectivity index (χ3n) is 6.08. The molecule has 1 heterocycles. The van der Waals surface area contributed by atoms with E-state index in [1.165, 1.54) is 12.0 Å². The van der Waals surface area contributed by atoms with Crippen LogP contribution in [0.5, 0.6) is 0 Å². The highest BCUT2D eigenvalue weighted by molar-refractivity contribution is 5.78. The number of methoxy groups -OCH3 is 1. The number of nitrogens with two attached hydrogens (primary N) is 1. The van der Waals surface area contributed by atoms with E-state index in [2.05, 4.69) is 0 Å². The Balaban J connectivity index is 2.16. The van der Waals surface area contributed by atoms with E-state index in [-0.39, 0.29) is 19.1 Å². The van der Waals surface area contributed by atoms with Gasteiger partial charge in [0.05, 0.1) is 30.9 Å². The van der Waals surface area contributed by atoms with Gasteiger partial charge in [-0.15, -0.1) is 0 Å². The number of alkyl halides is 1. The minimum atomic E-state index is -1.62. The molecule has 0 bridgehead atoms. The zero-order valence-electron chi connectivity index (χ0n) is 21.5. The van der Waals surface area contributed by atoms with Crippen molar-refractivity contribution in [2.24, 2.45) is 11.1 Å². The highest BCUT2D eigenvalue weighted by Gasteiger charge is 2.40. The number of carbonyl (C=O) groups is 1.